The highest BCUT2D eigenvalue weighted by molar-refractivity contribution is 7.13. The minimum Gasteiger partial charge on any atom is -0.407 e. The Morgan fingerprint density at radius 2 is 1.67 bits per heavy atom. The van der Waals surface area contributed by atoms with Crippen LogP contribution < -0.4 is 0 Å². The molecule has 0 spiro atoms. The van der Waals surface area contributed by atoms with Crippen molar-refractivity contribution in [1.82, 2.24) is 4.98 Å². The van der Waals surface area contributed by atoms with Gasteiger partial charge < -0.3 is 9.31 Å². The van der Waals surface area contributed by atoms with Crippen LogP contribution in [0.2, 0.25) is 0 Å². The summed E-state index contributed by atoms with van der Waals surface area (Å²) in [6, 6.07) is 16.5. The zero-order chi connectivity index (χ0) is 22.8. The quantitative estimate of drug-likeness (QED) is 0.321. The number of thiazole rings is 1. The fourth-order valence-electron chi connectivity index (χ4n) is 4.49. The first-order chi connectivity index (χ1) is 16.0. The molecule has 2 fully saturated rings. The summed E-state index contributed by atoms with van der Waals surface area (Å²) in [6.45, 7) is 5.70. The van der Waals surface area contributed by atoms with E-state index in [-0.39, 0.29) is 12.5 Å². The molecule has 0 N–H and O–H groups in total. The summed E-state index contributed by atoms with van der Waals surface area (Å²) < 4.78 is 12.6. The largest absolute Gasteiger partial charge is 0.490 e. The molecule has 33 heavy (non-hydrogen) atoms. The molecular weight excluding hydrogens is 429 g/mol. The molecule has 1 aromatic heterocycles. The zero-order valence-corrected chi connectivity index (χ0v) is 19.9. The van der Waals surface area contributed by atoms with E-state index >= 15 is 0 Å². The van der Waals surface area contributed by atoms with E-state index in [2.05, 4.69) is 43.1 Å². The van der Waals surface area contributed by atoms with Crippen molar-refractivity contribution in [2.24, 2.45) is 11.3 Å². The van der Waals surface area contributed by atoms with E-state index in [4.69, 9.17) is 9.31 Å². The van der Waals surface area contributed by atoms with E-state index in [1.807, 2.05) is 36.0 Å². The molecule has 0 bridgehead atoms. The van der Waals surface area contributed by atoms with Gasteiger partial charge in [-0.3, -0.25) is 9.78 Å². The van der Waals surface area contributed by atoms with Gasteiger partial charge in [-0.25, -0.2) is 0 Å². The number of carbonyl (C=O) groups excluding carboxylic acids is 1. The topological polar surface area (TPSA) is 48.4 Å². The van der Waals surface area contributed by atoms with Gasteiger partial charge in [-0.2, -0.15) is 0 Å². The van der Waals surface area contributed by atoms with Gasteiger partial charge in [0.05, 0.1) is 10.4 Å². The molecule has 0 atom stereocenters. The van der Waals surface area contributed by atoms with Gasteiger partial charge in [0, 0.05) is 30.4 Å². The van der Waals surface area contributed by atoms with Crippen molar-refractivity contribution in [1.29, 1.82) is 0 Å². The summed E-state index contributed by atoms with van der Waals surface area (Å²) in [7, 11) is -0.342. The molecule has 5 rings (SSSR count). The Labute approximate surface area is 199 Å². The summed E-state index contributed by atoms with van der Waals surface area (Å²) in [4.78, 5) is 16.6. The lowest BCUT2D eigenvalue weighted by Crippen LogP contribution is -2.44. The highest BCUT2D eigenvalue weighted by atomic mass is 32.1. The highest BCUT2D eigenvalue weighted by Crippen LogP contribution is 2.43. The van der Waals surface area contributed by atoms with Crippen molar-refractivity contribution in [2.75, 3.05) is 13.2 Å². The van der Waals surface area contributed by atoms with Crippen molar-refractivity contribution in [2.45, 2.75) is 33.1 Å². The van der Waals surface area contributed by atoms with E-state index in [0.717, 1.165) is 46.3 Å². The molecule has 1 saturated heterocycles. The van der Waals surface area contributed by atoms with Crippen LogP contribution in [0.5, 0.6) is 0 Å². The van der Waals surface area contributed by atoms with E-state index in [9.17, 15) is 4.79 Å². The number of hydrogen-bond acceptors (Lipinski definition) is 5. The van der Waals surface area contributed by atoms with Crippen LogP contribution in [0.1, 0.15) is 54.6 Å². The monoisotopic (exact) mass is 457 g/mol. The molecule has 168 valence electrons. The molecule has 0 unspecified atom stereocenters. The van der Waals surface area contributed by atoms with Gasteiger partial charge in [0.2, 0.25) is 0 Å². The number of aldehydes is 1. The number of hydrogen-bond donors (Lipinski definition) is 0. The molecule has 2 heterocycles. The summed E-state index contributed by atoms with van der Waals surface area (Å²) in [5, 5.41) is 0. The van der Waals surface area contributed by atoms with Gasteiger partial charge in [0.1, 0.15) is 6.29 Å². The maximum atomic E-state index is 11.3. The predicted molar refractivity (Wildman–Crippen MR) is 134 cm³/mol. The molecule has 1 aliphatic heterocycles. The normalized spacial score (nSPS) is 19.0. The van der Waals surface area contributed by atoms with E-state index in [1.165, 1.54) is 11.9 Å². The van der Waals surface area contributed by atoms with Gasteiger partial charge in [0.25, 0.3) is 0 Å². The zero-order valence-electron chi connectivity index (χ0n) is 19.1. The fraction of sp³-hybridized carbons (Fsp3) is 0.333. The van der Waals surface area contributed by atoms with Crippen LogP contribution in [-0.2, 0) is 9.31 Å². The Hall–Kier alpha value is -2.54. The van der Waals surface area contributed by atoms with Crippen LogP contribution >= 0.6 is 11.3 Å². The van der Waals surface area contributed by atoms with Crippen molar-refractivity contribution in [3.8, 4) is 10.4 Å². The lowest BCUT2D eigenvalue weighted by Gasteiger charge is -2.39. The van der Waals surface area contributed by atoms with E-state index in [1.54, 1.807) is 11.3 Å². The van der Waals surface area contributed by atoms with Crippen LogP contribution in [0.25, 0.3) is 16.0 Å². The number of carbonyl (C=O) groups is 1. The minimum absolute atomic E-state index is 0.0172. The minimum atomic E-state index is -0.342. The lowest BCUT2D eigenvalue weighted by atomic mass is 9.59. The Morgan fingerprint density at radius 3 is 2.18 bits per heavy atom. The van der Waals surface area contributed by atoms with Crippen LogP contribution in [0, 0.1) is 11.3 Å². The number of allylic oxidation sites excluding steroid dienone is 1. The van der Waals surface area contributed by atoms with Crippen LogP contribution in [-0.4, -0.2) is 31.6 Å². The number of aromatic nitrogens is 1. The molecule has 4 nitrogen and oxygen atoms in total. The first kappa shape index (κ1) is 22.3. The average molecular weight is 457 g/mol. The number of nitrogens with zero attached hydrogens (tertiary/aromatic N) is 1. The van der Waals surface area contributed by atoms with Crippen molar-refractivity contribution >= 4 is 30.3 Å². The molecule has 2 aliphatic rings. The molecule has 1 aliphatic carbocycles. The molecule has 0 radical (unpaired) electrons. The smallest absolute Gasteiger partial charge is 0.407 e. The number of benzene rings is 2. The van der Waals surface area contributed by atoms with Crippen molar-refractivity contribution < 1.29 is 14.1 Å². The van der Waals surface area contributed by atoms with E-state index < -0.39 is 0 Å². The first-order valence-corrected chi connectivity index (χ1v) is 12.4. The SMILES string of the molecule is CC1(C)COB(C(=C(c2ccc(C=O)cc2)c2ccc(-c3cncs3)cc2)C2CCC2)OC1. The van der Waals surface area contributed by atoms with Crippen LogP contribution in [0.4, 0.5) is 0 Å². The summed E-state index contributed by atoms with van der Waals surface area (Å²) in [5.41, 5.74) is 8.34. The molecule has 0 amide bonds. The Morgan fingerprint density at radius 1 is 1.03 bits per heavy atom. The second kappa shape index (κ2) is 9.37. The molecule has 6 heteroatoms. The average Bonchev–Trinajstić information content (AvgIpc) is 3.33. The van der Waals surface area contributed by atoms with Gasteiger partial charge in [-0.1, -0.05) is 68.8 Å². The fourth-order valence-corrected chi connectivity index (χ4v) is 5.12. The summed E-state index contributed by atoms with van der Waals surface area (Å²) in [6.07, 6.45) is 6.32. The van der Waals surface area contributed by atoms with Gasteiger partial charge in [0.15, 0.2) is 0 Å². The van der Waals surface area contributed by atoms with Crippen LogP contribution in [0.15, 0.2) is 65.7 Å². The van der Waals surface area contributed by atoms with Gasteiger partial charge in [-0.15, -0.1) is 11.3 Å². The maximum absolute atomic E-state index is 11.3. The van der Waals surface area contributed by atoms with Crippen molar-refractivity contribution in [3.05, 3.63) is 82.4 Å². The third-order valence-electron chi connectivity index (χ3n) is 6.56. The van der Waals surface area contributed by atoms with Crippen molar-refractivity contribution in [3.63, 3.8) is 0 Å². The third kappa shape index (κ3) is 4.74. The van der Waals surface area contributed by atoms with E-state index in [0.29, 0.717) is 24.7 Å². The van der Waals surface area contributed by atoms with Crippen LogP contribution in [0.3, 0.4) is 0 Å². The van der Waals surface area contributed by atoms with Gasteiger partial charge >= 0.3 is 7.12 Å². The molecule has 2 aromatic carbocycles. The molecular formula is C27H28BNO3S. The Balaban J connectivity index is 1.62. The first-order valence-electron chi connectivity index (χ1n) is 11.6. The standard InChI is InChI=1S/C27H28BNO3S/c1-27(2)16-31-28(32-17-27)26(23-4-3-5-23)25(21-8-6-19(15-30)7-9-21)22-12-10-20(11-13-22)24-14-29-18-33-24/h6-15,18,23H,3-5,16-17H2,1-2H3. The third-order valence-corrected chi connectivity index (χ3v) is 7.39. The second-order valence-corrected chi connectivity index (χ2v) is 10.6. The Bertz CT molecular complexity index is 1120. The Kier molecular flexibility index (Phi) is 6.33. The number of rotatable bonds is 6. The molecule has 1 saturated carbocycles. The molecule has 3 aromatic rings. The second-order valence-electron chi connectivity index (χ2n) is 9.76. The predicted octanol–water partition coefficient (Wildman–Crippen LogP) is 6.33. The summed E-state index contributed by atoms with van der Waals surface area (Å²) >= 11 is 1.64. The lowest BCUT2D eigenvalue weighted by molar-refractivity contribution is 0.0303. The maximum Gasteiger partial charge on any atom is 0.490 e. The van der Waals surface area contributed by atoms with Gasteiger partial charge in [-0.05, 0) is 46.5 Å². The summed E-state index contributed by atoms with van der Waals surface area (Å²) in [5.74, 6) is 0.443. The highest BCUT2D eigenvalue weighted by Gasteiger charge is 2.41.